The average Bonchev–Trinajstić information content (AvgIpc) is 2.53. The highest BCUT2D eigenvalue weighted by molar-refractivity contribution is 5.95. The third kappa shape index (κ3) is 4.52. The normalized spacial score (nSPS) is 10.1. The van der Waals surface area contributed by atoms with Gasteiger partial charge in [0.15, 0.2) is 5.78 Å². The molecule has 0 N–H and O–H groups in total. The fraction of sp³-hybridized carbons (Fsp3) is 0.211. The molecule has 0 heterocycles. The van der Waals surface area contributed by atoms with Crippen molar-refractivity contribution in [1.29, 1.82) is 0 Å². The number of aryl methyl sites for hydroxylation is 1. The molecule has 24 heavy (non-hydrogen) atoms. The number of benzene rings is 2. The molecular weight excluding hydrogens is 308 g/mol. The monoisotopic (exact) mass is 326 g/mol. The van der Waals surface area contributed by atoms with Gasteiger partial charge in [0, 0.05) is 18.1 Å². The average molecular weight is 326 g/mol. The molecule has 0 fully saturated rings. The van der Waals surface area contributed by atoms with E-state index >= 15 is 0 Å². The molecule has 0 aliphatic rings. The number of carbonyl (C=O) groups excluding carboxylic acids is 3. The van der Waals surface area contributed by atoms with E-state index in [1.807, 2.05) is 13.0 Å². The van der Waals surface area contributed by atoms with Crippen LogP contribution in [0.3, 0.4) is 0 Å². The third-order valence-electron chi connectivity index (χ3n) is 3.35. The van der Waals surface area contributed by atoms with E-state index in [0.29, 0.717) is 16.7 Å². The predicted molar refractivity (Wildman–Crippen MR) is 88.1 cm³/mol. The van der Waals surface area contributed by atoms with Gasteiger partial charge in [-0.2, -0.15) is 0 Å². The first-order valence-electron chi connectivity index (χ1n) is 7.43. The molecule has 0 radical (unpaired) electrons. The van der Waals surface area contributed by atoms with E-state index in [1.165, 1.54) is 19.9 Å². The number of rotatable bonds is 5. The lowest BCUT2D eigenvalue weighted by atomic mass is 10.1. The molecule has 0 bridgehead atoms. The van der Waals surface area contributed by atoms with Gasteiger partial charge in [-0.05, 0) is 44.2 Å². The second-order valence-electron chi connectivity index (χ2n) is 5.42. The van der Waals surface area contributed by atoms with Crippen LogP contribution in [0.1, 0.15) is 45.7 Å². The summed E-state index contributed by atoms with van der Waals surface area (Å²) >= 11 is 0. The number of ether oxygens (including phenoxy) is 2. The summed E-state index contributed by atoms with van der Waals surface area (Å²) in [7, 11) is 0. The van der Waals surface area contributed by atoms with Crippen LogP contribution in [0.25, 0.3) is 0 Å². The fourth-order valence-corrected chi connectivity index (χ4v) is 2.12. The minimum atomic E-state index is -0.515. The van der Waals surface area contributed by atoms with Gasteiger partial charge in [-0.25, -0.2) is 4.79 Å². The Morgan fingerprint density at radius 1 is 0.958 bits per heavy atom. The fourth-order valence-electron chi connectivity index (χ4n) is 2.12. The highest BCUT2D eigenvalue weighted by Gasteiger charge is 2.14. The summed E-state index contributed by atoms with van der Waals surface area (Å²) in [4.78, 5) is 34.8. The molecule has 5 nitrogen and oxygen atoms in total. The van der Waals surface area contributed by atoms with E-state index < -0.39 is 11.9 Å². The maximum Gasteiger partial charge on any atom is 0.343 e. The molecule has 0 saturated heterocycles. The van der Waals surface area contributed by atoms with E-state index in [-0.39, 0.29) is 18.1 Å². The number of Topliss-reactive ketones (excluding diaryl/α,β-unsaturated/α-hetero) is 1. The van der Waals surface area contributed by atoms with Gasteiger partial charge in [-0.1, -0.05) is 17.7 Å². The second kappa shape index (κ2) is 7.55. The molecular formula is C19H18O5. The molecule has 0 saturated carbocycles. The molecule has 0 aromatic heterocycles. The summed E-state index contributed by atoms with van der Waals surface area (Å²) in [5.41, 5.74) is 2.27. The van der Waals surface area contributed by atoms with Gasteiger partial charge in [0.2, 0.25) is 0 Å². The SMILES string of the molecule is CC(=O)OCc1cc(C(C)=O)ccc1OC(=O)c1cccc(C)c1. The molecule has 0 unspecified atom stereocenters. The number of hydrogen-bond acceptors (Lipinski definition) is 5. The van der Waals surface area contributed by atoms with Crippen LogP contribution in [0.2, 0.25) is 0 Å². The van der Waals surface area contributed by atoms with Gasteiger partial charge in [0.25, 0.3) is 0 Å². The molecule has 124 valence electrons. The molecule has 0 atom stereocenters. The first-order chi connectivity index (χ1) is 11.4. The van der Waals surface area contributed by atoms with Gasteiger partial charge < -0.3 is 9.47 Å². The Kier molecular flexibility index (Phi) is 5.47. The van der Waals surface area contributed by atoms with Gasteiger partial charge in [0.1, 0.15) is 12.4 Å². The lowest BCUT2D eigenvalue weighted by molar-refractivity contribution is -0.142. The van der Waals surface area contributed by atoms with Gasteiger partial charge in [-0.15, -0.1) is 0 Å². The first kappa shape index (κ1) is 17.4. The minimum Gasteiger partial charge on any atom is -0.461 e. The molecule has 0 amide bonds. The minimum absolute atomic E-state index is 0.0765. The van der Waals surface area contributed by atoms with Crippen molar-refractivity contribution in [1.82, 2.24) is 0 Å². The second-order valence-corrected chi connectivity index (χ2v) is 5.42. The first-order valence-corrected chi connectivity index (χ1v) is 7.43. The Hall–Kier alpha value is -2.95. The molecule has 0 spiro atoms. The topological polar surface area (TPSA) is 69.7 Å². The largest absolute Gasteiger partial charge is 0.461 e. The van der Waals surface area contributed by atoms with Crippen molar-refractivity contribution in [2.75, 3.05) is 0 Å². The van der Waals surface area contributed by atoms with Crippen molar-refractivity contribution in [2.45, 2.75) is 27.4 Å². The van der Waals surface area contributed by atoms with E-state index in [4.69, 9.17) is 9.47 Å². The van der Waals surface area contributed by atoms with Crippen molar-refractivity contribution in [2.24, 2.45) is 0 Å². The van der Waals surface area contributed by atoms with Crippen LogP contribution in [-0.2, 0) is 16.1 Å². The van der Waals surface area contributed by atoms with Crippen molar-refractivity contribution < 1.29 is 23.9 Å². The maximum atomic E-state index is 12.3. The van der Waals surface area contributed by atoms with Crippen molar-refractivity contribution in [3.63, 3.8) is 0 Å². The molecule has 0 aliphatic carbocycles. The molecule has 5 heteroatoms. The molecule has 2 aromatic rings. The Bertz CT molecular complexity index is 792. The Balaban J connectivity index is 2.28. The van der Waals surface area contributed by atoms with Crippen molar-refractivity contribution >= 4 is 17.7 Å². The Morgan fingerprint density at radius 3 is 2.33 bits per heavy atom. The quantitative estimate of drug-likeness (QED) is 0.478. The van der Waals surface area contributed by atoms with Crippen LogP contribution in [0, 0.1) is 6.92 Å². The lowest BCUT2D eigenvalue weighted by Crippen LogP contribution is -2.11. The van der Waals surface area contributed by atoms with Crippen LogP contribution in [0.5, 0.6) is 5.75 Å². The summed E-state index contributed by atoms with van der Waals surface area (Å²) in [5.74, 6) is -0.846. The predicted octanol–water partition coefficient (Wildman–Crippen LogP) is 3.48. The summed E-state index contributed by atoms with van der Waals surface area (Å²) in [6.45, 7) is 4.52. The molecule has 2 rings (SSSR count). The van der Waals surface area contributed by atoms with Crippen LogP contribution >= 0.6 is 0 Å². The Labute approximate surface area is 140 Å². The lowest BCUT2D eigenvalue weighted by Gasteiger charge is -2.12. The van der Waals surface area contributed by atoms with Crippen molar-refractivity contribution in [3.8, 4) is 5.75 Å². The van der Waals surface area contributed by atoms with Gasteiger partial charge in [0.05, 0.1) is 5.56 Å². The van der Waals surface area contributed by atoms with E-state index in [0.717, 1.165) is 5.56 Å². The smallest absolute Gasteiger partial charge is 0.343 e. The van der Waals surface area contributed by atoms with Crippen molar-refractivity contribution in [3.05, 3.63) is 64.7 Å². The zero-order valence-electron chi connectivity index (χ0n) is 13.8. The number of hydrogen-bond donors (Lipinski definition) is 0. The molecule has 2 aromatic carbocycles. The Morgan fingerprint density at radius 2 is 1.71 bits per heavy atom. The number of ketones is 1. The van der Waals surface area contributed by atoms with Crippen LogP contribution in [-0.4, -0.2) is 17.7 Å². The van der Waals surface area contributed by atoms with E-state index in [2.05, 4.69) is 0 Å². The van der Waals surface area contributed by atoms with Gasteiger partial charge in [-0.3, -0.25) is 9.59 Å². The zero-order valence-corrected chi connectivity index (χ0v) is 13.8. The summed E-state index contributed by atoms with van der Waals surface area (Å²) in [5, 5.41) is 0. The summed E-state index contributed by atoms with van der Waals surface area (Å²) in [6, 6.07) is 11.7. The molecule has 0 aliphatic heterocycles. The van der Waals surface area contributed by atoms with Crippen LogP contribution in [0.15, 0.2) is 42.5 Å². The summed E-state index contributed by atoms with van der Waals surface area (Å²) in [6.07, 6.45) is 0. The standard InChI is InChI=1S/C19H18O5/c1-12-5-4-6-16(9-12)19(22)24-18-8-7-15(13(2)20)10-17(18)11-23-14(3)21/h4-10H,11H2,1-3H3. The highest BCUT2D eigenvalue weighted by atomic mass is 16.5. The summed E-state index contributed by atoms with van der Waals surface area (Å²) < 4.78 is 10.4. The number of carbonyl (C=O) groups is 3. The maximum absolute atomic E-state index is 12.3. The van der Waals surface area contributed by atoms with Crippen LogP contribution in [0.4, 0.5) is 0 Å². The van der Waals surface area contributed by atoms with Crippen LogP contribution < -0.4 is 4.74 Å². The third-order valence-corrected chi connectivity index (χ3v) is 3.35. The van der Waals surface area contributed by atoms with Gasteiger partial charge >= 0.3 is 11.9 Å². The van der Waals surface area contributed by atoms with E-state index in [9.17, 15) is 14.4 Å². The highest BCUT2D eigenvalue weighted by Crippen LogP contribution is 2.23. The zero-order chi connectivity index (χ0) is 17.7. The van der Waals surface area contributed by atoms with E-state index in [1.54, 1.807) is 30.3 Å². The number of esters is 2.